The topological polar surface area (TPSA) is 594 Å². The van der Waals surface area contributed by atoms with Crippen LogP contribution in [0.4, 0.5) is 0 Å². The molecule has 38 atom stereocenters. The van der Waals surface area contributed by atoms with E-state index in [1.165, 1.54) is 177 Å². The van der Waals surface area contributed by atoms with E-state index in [0.717, 1.165) is 0 Å². The predicted octanol–water partition coefficient (Wildman–Crippen LogP) is -2.41. The second-order valence-electron chi connectivity index (χ2n) is 32.5. The summed E-state index contributed by atoms with van der Waals surface area (Å²) in [6.07, 6.45) is 2.67. The van der Waals surface area contributed by atoms with Gasteiger partial charge < -0.3 is 179 Å². The molecule has 11 fully saturated rings. The van der Waals surface area contributed by atoms with Crippen LogP contribution in [0, 0.1) is 877 Å². The molecule has 0 radical (unpaired) electrons. The number of carbonyl (C=O) groups is 1. The van der Waals surface area contributed by atoms with Gasteiger partial charge in [-0.25, -0.2) is 0 Å². The molecule has 147 heavy (non-hydrogen) atoms. The molecule has 1 amide bonds. The zero-order valence-electron chi connectivity index (χ0n) is 87.6. The van der Waals surface area contributed by atoms with Crippen LogP contribution in [0.3, 0.4) is 0 Å². The van der Waals surface area contributed by atoms with Crippen molar-refractivity contribution in [2.24, 2.45) is 5.92 Å². The van der Waals surface area contributed by atoms with Crippen LogP contribution >= 0.6 is 0 Å². The maximum absolute atomic E-state index is 11.2. The van der Waals surface area contributed by atoms with E-state index in [4.69, 9.17) is 87.1 Å². The average Bonchev–Trinajstić information content (AvgIpc) is 1.53. The number of hydrogen-bond acceptors (Lipinski definition) is 36. The van der Waals surface area contributed by atoms with Crippen molar-refractivity contribution in [2.45, 2.75) is 430 Å². The van der Waals surface area contributed by atoms with Crippen LogP contribution in [-0.4, -0.2) is 426 Å². The zero-order valence-corrected chi connectivity index (χ0v) is 204. The van der Waals surface area contributed by atoms with Crippen LogP contribution in [0.2, 0.25) is 0 Å². The van der Waals surface area contributed by atoms with Crippen LogP contribution in [-0.2, 0) is 66.4 Å². The Kier molecular flexibility index (Phi) is 250. The maximum Gasteiger partial charge on any atom is 0.217 e. The molecule has 7 aliphatic heterocycles. The van der Waals surface area contributed by atoms with Crippen LogP contribution in [0.15, 0.2) is 0 Å². The molecule has 7 saturated heterocycles. The van der Waals surface area contributed by atoms with E-state index < -0.39 is 209 Å². The fourth-order valence-electron chi connectivity index (χ4n) is 15.0. The number of rotatable bonds is 16. The SMILES string of the molecule is C1CC1.C1CCCCC1.C1CCCCC1.C1CCCCC1.CC1O[C@H](C)C(C)[C@@H](O)[C@@H]1O.COC1[C@@H](O)[C@H](O)C([C@H](O)CO)O[C@@H]1C.CO[C@@H]1C(CO)O[C@H](C)C(NC(C)=O)[C@H]1OC.CO[C@@H]1C(O)[C@@H](C)OC(CO)[C@@H]1O.CO[C@@H]1C(O)[C@@H](C)OC([C@H](O)CO)[C@H]1O.CO[C@H](CO)C1O[C@H](C)C(O)[C@@H](O)[C@@H]1O.C[C@H]1OC(CO)[C@H](O)[C@H](O)C1O.[U].[U].[U].[U].[U].[U].[U].[U].[U].[U].[U].[U].[U].[U].[U].[U].[U].[U].[U].[U].[U].[U].[U].[U].[U].[U].[U].[U]. The minimum absolute atomic E-state index is 0. The molecule has 23 N–H and O–H groups in total. The first kappa shape index (κ1) is 245. The van der Waals surface area contributed by atoms with E-state index in [0.29, 0.717) is 0 Å². The summed E-state index contributed by atoms with van der Waals surface area (Å²) in [5.74, 6) is -0.133. The van der Waals surface area contributed by atoms with E-state index in [2.05, 4.69) is 5.32 Å². The number of methoxy groups -OCH3 is 6. The molecule has 4 saturated carbocycles. The van der Waals surface area contributed by atoms with Gasteiger partial charge in [0, 0.05) is 927 Å². The molecule has 0 spiro atoms. The van der Waals surface area contributed by atoms with Crippen LogP contribution in [0.5, 0.6) is 0 Å². The second kappa shape index (κ2) is 150. The molecule has 0 aromatic heterocycles. The van der Waals surface area contributed by atoms with Crippen LogP contribution < -0.4 is 5.32 Å². The largest absolute Gasteiger partial charge is 0.394 e. The fourth-order valence-corrected chi connectivity index (χ4v) is 15.0. The Bertz CT molecular complexity index is 2470. The minimum Gasteiger partial charge on any atom is -0.394 e. The van der Waals surface area contributed by atoms with Crippen molar-refractivity contribution in [3.8, 4) is 0 Å². The van der Waals surface area contributed by atoms with E-state index >= 15 is 0 Å². The van der Waals surface area contributed by atoms with Gasteiger partial charge in [-0.15, -0.1) is 0 Å². The molecule has 11 aliphatic rings. The van der Waals surface area contributed by atoms with Gasteiger partial charge in [0.2, 0.25) is 5.91 Å². The Morgan fingerprint density at radius 1 is 0.245 bits per heavy atom. The molecular weight excluding hydrogens is 8240 g/mol. The Morgan fingerprint density at radius 3 is 0.782 bits per heavy atom. The smallest absolute Gasteiger partial charge is 0.217 e. The summed E-state index contributed by atoms with van der Waals surface area (Å²) in [7, 11) is 8.63. The summed E-state index contributed by atoms with van der Waals surface area (Å²) in [4.78, 5) is 11.2. The Morgan fingerprint density at radius 2 is 0.490 bits per heavy atom. The first-order chi connectivity index (χ1) is 56.3. The van der Waals surface area contributed by atoms with Crippen molar-refractivity contribution in [3.05, 3.63) is 0 Å². The van der Waals surface area contributed by atoms with Crippen molar-refractivity contribution in [1.82, 2.24) is 5.32 Å². The quantitative estimate of drug-likeness (QED) is 0.0765. The molecule has 7 heterocycles. The van der Waals surface area contributed by atoms with Gasteiger partial charge in [-0.3, -0.25) is 4.79 Å². The molecule has 37 nitrogen and oxygen atoms in total. The fraction of sp³-hybridized carbons (Fsp3) is 0.988. The number of amides is 1. The minimum atomic E-state index is -1.29. The standard InChI is InChI=1S/C11H21NO5.3C9H18O6.C8H16O5.C8H16O3.C7H14O5.3C6H12.C3H6.28U/c1-6-9(12-7(2)14)11(16-4)10(15-3)8(5-13)17-6;1-4-8(14-2)6(12)7(13)9(15-4)5(11)3-10;1-4-6(12)9(14-2)7(13)8(15-4)5(11)3-10;1-4-6(11)7(12)8(13)9(15-4)5(3-10)14-2;1-4-6(10)8(12-2)7(11)5(3-9)13-4;1-4-5(2)11-6(3)8(10)7(4)9;1-3-5(9)7(11)6(10)4(2-8)12-3;3*1-2-4-6-5-3-1;1-2-3-1;;;;;;;;;;;;;;;;;;;;;;;;;;;;/h6,8-11,13H,5H2,1-4H3,(H,12,14);3*4-13H,3H2,1-2H3;4-11H,3H2,1-2H3;4-10H,1-3H3;3-11H,2H2,1H3;3*1-6H2;1-3H2;;;;;;;;;;;;;;;;;;;;;;;;;;;;/t6-,8?,9?,10-,11-;4-,5-,6+,7+,8?,9?;4-,5-,6?,7-,8?,9-;4-,5-,6?,7-,8+,9?;4-,5?,6?,7+,8-;4?,5-,6?,7-,8-;3-,4?,5?,6+,7-;;;;;;;;;;;;;;;;;;;;;;;;;;;;;;;;/m1111111................................/s1. The zero-order chi connectivity index (χ0) is 90.5. The molecule has 0 aromatic carbocycles. The normalized spacial score (nSPS) is 33.3. The van der Waals surface area contributed by atoms with Crippen molar-refractivity contribution in [1.29, 1.82) is 0 Å². The number of aliphatic hydroxyl groups is 22. The van der Waals surface area contributed by atoms with Crippen LogP contribution in [0.1, 0.15) is 204 Å². The van der Waals surface area contributed by atoms with Gasteiger partial charge in [-0.2, -0.15) is 0 Å². The molecule has 11 rings (SSSR count). The maximum atomic E-state index is 11.2. The van der Waals surface area contributed by atoms with E-state index in [1.54, 1.807) is 48.7 Å². The summed E-state index contributed by atoms with van der Waals surface area (Å²) >= 11 is 0. The molecule has 65 heteroatoms. The second-order valence-corrected chi connectivity index (χ2v) is 32.5. The van der Waals surface area contributed by atoms with Crippen molar-refractivity contribution >= 4 is 5.91 Å². The van der Waals surface area contributed by atoms with Gasteiger partial charge in [-0.05, 0) is 55.4 Å². The Labute approximate surface area is 1540 Å². The molecule has 4 aliphatic carbocycles. The number of hydrogen-bond donors (Lipinski definition) is 23. The van der Waals surface area contributed by atoms with Crippen molar-refractivity contribution in [2.75, 3.05) is 82.3 Å². The van der Waals surface area contributed by atoms with Gasteiger partial charge in [0.1, 0.15) is 165 Å². The summed E-state index contributed by atoms with van der Waals surface area (Å²) in [5.41, 5.74) is 0. The molecule has 824 valence electrons. The average molecular weight is 8400 g/mol. The number of aliphatic hydroxyl groups excluding tert-OH is 22. The van der Waals surface area contributed by atoms with Crippen LogP contribution in [0.25, 0.3) is 0 Å². The number of nitrogens with one attached hydrogen (secondary N) is 1. The first-order valence-corrected chi connectivity index (χ1v) is 42.9. The molecule has 0 aromatic rings. The van der Waals surface area contributed by atoms with E-state index in [-0.39, 0.29) is 940 Å². The monoisotopic (exact) mass is 8400 g/mol. The number of carbonyl (C=O) groups excluding carboxylic acids is 1. The predicted molar refractivity (Wildman–Crippen MR) is 433 cm³/mol. The molecule has 0 bridgehead atoms. The van der Waals surface area contributed by atoms with Gasteiger partial charge in [0.25, 0.3) is 0 Å². The third-order valence-corrected chi connectivity index (χ3v) is 23.1. The number of ether oxygens (including phenoxy) is 13. The van der Waals surface area contributed by atoms with Crippen molar-refractivity contribution in [3.63, 3.8) is 0 Å². The third-order valence-electron chi connectivity index (χ3n) is 23.1. The Balaban J connectivity index is -0.0000000406. The van der Waals surface area contributed by atoms with E-state index in [1.807, 2.05) is 20.8 Å². The summed E-state index contributed by atoms with van der Waals surface area (Å²) in [5, 5.41) is 208. The van der Waals surface area contributed by atoms with Gasteiger partial charge in [0.05, 0.1) is 101 Å². The summed E-state index contributed by atoms with van der Waals surface area (Å²) in [6, 6.07) is -0.287. The molecular formula is C82H163NO36U28. The third kappa shape index (κ3) is 99.5. The first-order valence-electron chi connectivity index (χ1n) is 42.9. The molecule has 14 unspecified atom stereocenters. The summed E-state index contributed by atoms with van der Waals surface area (Å²) < 4.78 is 67.4. The Hall–Kier alpha value is 27.5. The van der Waals surface area contributed by atoms with Gasteiger partial charge >= 0.3 is 0 Å². The van der Waals surface area contributed by atoms with E-state index in [9.17, 15) is 91.6 Å². The van der Waals surface area contributed by atoms with Crippen molar-refractivity contribution < 1.29 is 1050 Å². The summed E-state index contributed by atoms with van der Waals surface area (Å²) in [6.45, 7) is 14.8. The van der Waals surface area contributed by atoms with Gasteiger partial charge in [0.15, 0.2) is 0 Å². The van der Waals surface area contributed by atoms with Gasteiger partial charge in [-0.1, -0.05) is 142 Å².